The van der Waals surface area contributed by atoms with Crippen LogP contribution < -0.4 is 5.32 Å². The predicted molar refractivity (Wildman–Crippen MR) is 59.1 cm³/mol. The summed E-state index contributed by atoms with van der Waals surface area (Å²) in [5.74, 6) is 2.67. The highest BCUT2D eigenvalue weighted by molar-refractivity contribution is 5.10. The van der Waals surface area contributed by atoms with Crippen molar-refractivity contribution in [1.82, 2.24) is 15.1 Å². The fraction of sp³-hybridized carbons (Fsp3) is 0.545. The van der Waals surface area contributed by atoms with Crippen molar-refractivity contribution in [1.29, 1.82) is 0 Å². The van der Waals surface area contributed by atoms with Gasteiger partial charge in [0.05, 0.1) is 24.9 Å². The Bertz CT molecular complexity index is 349. The Kier molecular flexibility index (Phi) is 3.89. The second-order valence-corrected chi connectivity index (χ2v) is 3.96. The minimum Gasteiger partial charge on any atom is -0.394 e. The van der Waals surface area contributed by atoms with Crippen molar-refractivity contribution in [2.75, 3.05) is 6.61 Å². The van der Waals surface area contributed by atoms with E-state index in [0.29, 0.717) is 13.1 Å². The van der Waals surface area contributed by atoms with Crippen LogP contribution in [0.15, 0.2) is 12.4 Å². The van der Waals surface area contributed by atoms with E-state index >= 15 is 0 Å². The van der Waals surface area contributed by atoms with Crippen LogP contribution in [0.25, 0.3) is 0 Å². The van der Waals surface area contributed by atoms with Crippen molar-refractivity contribution in [2.24, 2.45) is 0 Å². The first-order valence-corrected chi connectivity index (χ1v) is 4.92. The summed E-state index contributed by atoms with van der Waals surface area (Å²) in [6.07, 6.45) is 9.03. The molecule has 1 aromatic rings. The molecule has 2 N–H and O–H groups in total. The molecule has 0 radical (unpaired) electrons. The summed E-state index contributed by atoms with van der Waals surface area (Å²) >= 11 is 0. The molecular weight excluding hydrogens is 190 g/mol. The molecule has 0 aromatic carbocycles. The van der Waals surface area contributed by atoms with E-state index < -0.39 is 0 Å². The van der Waals surface area contributed by atoms with Crippen molar-refractivity contribution in [2.45, 2.75) is 32.5 Å². The zero-order valence-corrected chi connectivity index (χ0v) is 9.20. The lowest BCUT2D eigenvalue weighted by Gasteiger charge is -2.18. The third-order valence-electron chi connectivity index (χ3n) is 2.11. The minimum atomic E-state index is -0.306. The van der Waals surface area contributed by atoms with E-state index in [1.165, 1.54) is 0 Å². The first kappa shape index (κ1) is 11.8. The SMILES string of the molecule is C#CC(C)(C)NCc1cnn(CCO)c1. The highest BCUT2D eigenvalue weighted by atomic mass is 16.3. The van der Waals surface area contributed by atoms with Crippen LogP contribution in [0.4, 0.5) is 0 Å². The Morgan fingerprint density at radius 1 is 1.67 bits per heavy atom. The van der Waals surface area contributed by atoms with Gasteiger partial charge in [-0.05, 0) is 13.8 Å². The van der Waals surface area contributed by atoms with Crippen LogP contribution >= 0.6 is 0 Å². The predicted octanol–water partition coefficient (Wildman–Crippen LogP) is 0.377. The number of aliphatic hydroxyl groups is 1. The molecule has 0 aliphatic carbocycles. The topological polar surface area (TPSA) is 50.1 Å². The van der Waals surface area contributed by atoms with E-state index in [4.69, 9.17) is 11.5 Å². The first-order valence-electron chi connectivity index (χ1n) is 4.92. The summed E-state index contributed by atoms with van der Waals surface area (Å²) in [7, 11) is 0. The lowest BCUT2D eigenvalue weighted by molar-refractivity contribution is 0.269. The molecule has 0 bridgehead atoms. The quantitative estimate of drug-likeness (QED) is 0.686. The van der Waals surface area contributed by atoms with Gasteiger partial charge in [-0.3, -0.25) is 10.00 Å². The third-order valence-corrected chi connectivity index (χ3v) is 2.11. The zero-order chi connectivity index (χ0) is 11.3. The number of nitrogens with zero attached hydrogens (tertiary/aromatic N) is 2. The minimum absolute atomic E-state index is 0.102. The number of hydrogen-bond acceptors (Lipinski definition) is 3. The highest BCUT2D eigenvalue weighted by Gasteiger charge is 2.12. The maximum absolute atomic E-state index is 8.72. The molecule has 15 heavy (non-hydrogen) atoms. The van der Waals surface area contributed by atoms with Crippen LogP contribution in [0.3, 0.4) is 0 Å². The van der Waals surface area contributed by atoms with Gasteiger partial charge in [-0.2, -0.15) is 5.10 Å². The second kappa shape index (κ2) is 4.96. The monoisotopic (exact) mass is 207 g/mol. The highest BCUT2D eigenvalue weighted by Crippen LogP contribution is 2.03. The maximum atomic E-state index is 8.72. The molecule has 4 nitrogen and oxygen atoms in total. The molecule has 1 aromatic heterocycles. The Morgan fingerprint density at radius 2 is 2.40 bits per heavy atom. The van der Waals surface area contributed by atoms with Crippen LogP contribution in [0, 0.1) is 12.3 Å². The summed E-state index contributed by atoms with van der Waals surface area (Å²) in [5, 5.41) is 16.0. The van der Waals surface area contributed by atoms with Crippen molar-refractivity contribution in [3.8, 4) is 12.3 Å². The van der Waals surface area contributed by atoms with E-state index in [-0.39, 0.29) is 12.1 Å². The van der Waals surface area contributed by atoms with E-state index in [1.54, 1.807) is 10.9 Å². The smallest absolute Gasteiger partial charge is 0.0743 e. The van der Waals surface area contributed by atoms with Gasteiger partial charge in [-0.15, -0.1) is 6.42 Å². The first-order chi connectivity index (χ1) is 7.07. The maximum Gasteiger partial charge on any atom is 0.0743 e. The molecule has 1 heterocycles. The lowest BCUT2D eigenvalue weighted by atomic mass is 10.1. The normalized spacial score (nSPS) is 11.3. The van der Waals surface area contributed by atoms with Gasteiger partial charge in [0.25, 0.3) is 0 Å². The molecule has 0 fully saturated rings. The van der Waals surface area contributed by atoms with Gasteiger partial charge in [0.2, 0.25) is 0 Å². The standard InChI is InChI=1S/C11H17N3O/c1-4-11(2,3)12-7-10-8-13-14(9-10)5-6-15/h1,8-9,12,15H,5-7H2,2-3H3. The van der Waals surface area contributed by atoms with Crippen molar-refractivity contribution in [3.05, 3.63) is 18.0 Å². The lowest BCUT2D eigenvalue weighted by Crippen LogP contribution is -2.36. The van der Waals surface area contributed by atoms with Gasteiger partial charge in [-0.1, -0.05) is 5.92 Å². The Hall–Kier alpha value is -1.31. The molecule has 0 spiro atoms. The van der Waals surface area contributed by atoms with E-state index in [9.17, 15) is 0 Å². The molecule has 0 aliphatic heterocycles. The van der Waals surface area contributed by atoms with Gasteiger partial charge in [-0.25, -0.2) is 0 Å². The van der Waals surface area contributed by atoms with Crippen LogP contribution in [0.5, 0.6) is 0 Å². The summed E-state index contributed by atoms with van der Waals surface area (Å²) in [4.78, 5) is 0. The third kappa shape index (κ3) is 3.74. The van der Waals surface area contributed by atoms with Crippen LogP contribution in [0.2, 0.25) is 0 Å². The molecule has 0 unspecified atom stereocenters. The van der Waals surface area contributed by atoms with Crippen LogP contribution in [-0.4, -0.2) is 27.0 Å². The molecule has 0 saturated carbocycles. The number of hydrogen-bond donors (Lipinski definition) is 2. The van der Waals surface area contributed by atoms with Gasteiger partial charge >= 0.3 is 0 Å². The average Bonchev–Trinajstić information content (AvgIpc) is 2.64. The van der Waals surface area contributed by atoms with Crippen molar-refractivity contribution in [3.63, 3.8) is 0 Å². The van der Waals surface area contributed by atoms with E-state index in [1.807, 2.05) is 20.0 Å². The zero-order valence-electron chi connectivity index (χ0n) is 9.20. The molecule has 82 valence electrons. The molecule has 1 rings (SSSR count). The Morgan fingerprint density at radius 3 is 3.00 bits per heavy atom. The second-order valence-electron chi connectivity index (χ2n) is 3.96. The van der Waals surface area contributed by atoms with Crippen molar-refractivity contribution < 1.29 is 5.11 Å². The summed E-state index contributed by atoms with van der Waals surface area (Å²) in [5.41, 5.74) is 0.755. The fourth-order valence-electron chi connectivity index (χ4n) is 1.10. The summed E-state index contributed by atoms with van der Waals surface area (Å²) in [6.45, 7) is 5.21. The number of nitrogens with one attached hydrogen (secondary N) is 1. The number of terminal acetylenes is 1. The van der Waals surface area contributed by atoms with E-state index in [2.05, 4.69) is 16.3 Å². The number of aliphatic hydroxyl groups excluding tert-OH is 1. The molecular formula is C11H17N3O. The van der Waals surface area contributed by atoms with Gasteiger partial charge in [0.1, 0.15) is 0 Å². The van der Waals surface area contributed by atoms with Gasteiger partial charge < -0.3 is 5.11 Å². The van der Waals surface area contributed by atoms with E-state index in [0.717, 1.165) is 5.56 Å². The molecule has 0 aliphatic rings. The summed E-state index contributed by atoms with van der Waals surface area (Å²) in [6, 6.07) is 0. The van der Waals surface area contributed by atoms with Crippen LogP contribution in [-0.2, 0) is 13.1 Å². The fourth-order valence-corrected chi connectivity index (χ4v) is 1.10. The molecule has 0 atom stereocenters. The molecule has 4 heteroatoms. The Balaban J connectivity index is 2.48. The van der Waals surface area contributed by atoms with Gasteiger partial charge in [0.15, 0.2) is 0 Å². The molecule has 0 saturated heterocycles. The molecule has 0 amide bonds. The van der Waals surface area contributed by atoms with Crippen LogP contribution in [0.1, 0.15) is 19.4 Å². The average molecular weight is 207 g/mol. The number of rotatable bonds is 5. The Labute approximate surface area is 90.3 Å². The number of aromatic nitrogens is 2. The van der Waals surface area contributed by atoms with Crippen molar-refractivity contribution >= 4 is 0 Å². The van der Waals surface area contributed by atoms with Gasteiger partial charge in [0, 0.05) is 18.3 Å². The largest absolute Gasteiger partial charge is 0.394 e. The summed E-state index contributed by atoms with van der Waals surface area (Å²) < 4.78 is 1.71.